The van der Waals surface area contributed by atoms with Crippen LogP contribution < -0.4 is 10.2 Å². The summed E-state index contributed by atoms with van der Waals surface area (Å²) in [6.45, 7) is 9.92. The van der Waals surface area contributed by atoms with Gasteiger partial charge in [-0.2, -0.15) is 0 Å². The molecule has 0 aromatic carbocycles. The van der Waals surface area contributed by atoms with Crippen LogP contribution in [-0.2, 0) is 17.8 Å². The molecule has 3 rings (SSSR count). The smallest absolute Gasteiger partial charge is 0.132 e. The van der Waals surface area contributed by atoms with Crippen LogP contribution in [0.2, 0.25) is 0 Å². The van der Waals surface area contributed by atoms with Crippen LogP contribution in [0.15, 0.2) is 6.07 Å². The summed E-state index contributed by atoms with van der Waals surface area (Å²) in [5.41, 5.74) is 3.75. The normalized spacial score (nSPS) is 25.3. The molecule has 2 aliphatic heterocycles. The number of fused-ring (bicyclic) bond motifs is 3. The molecule has 104 valence electrons. The number of pyridine rings is 1. The van der Waals surface area contributed by atoms with Gasteiger partial charge in [0.05, 0.1) is 12.3 Å². The number of hydrogen-bond donors (Lipinski definition) is 1. The first-order valence-electron chi connectivity index (χ1n) is 7.27. The Kier molecular flexibility index (Phi) is 3.46. The van der Waals surface area contributed by atoms with Crippen LogP contribution in [0.25, 0.3) is 0 Å². The zero-order chi connectivity index (χ0) is 13.4. The number of nitrogens with zero attached hydrogens (tertiary/aromatic N) is 2. The minimum atomic E-state index is 0.523. The van der Waals surface area contributed by atoms with Crippen LogP contribution in [0.4, 0.5) is 5.82 Å². The minimum Gasteiger partial charge on any atom is -0.375 e. The van der Waals surface area contributed by atoms with Crippen molar-refractivity contribution in [2.24, 2.45) is 0 Å². The topological polar surface area (TPSA) is 37.4 Å². The standard InChI is InChI=1S/C15H23N3O/c1-4-19-9-14-10(2)5-12-6-13-8-16-7-11(3)18(13)15(12)17-14/h5,11,13,16H,4,6-9H2,1-3H3/t11-,13-/m1/s1. The zero-order valence-electron chi connectivity index (χ0n) is 12.1. The summed E-state index contributed by atoms with van der Waals surface area (Å²) in [5.74, 6) is 1.19. The van der Waals surface area contributed by atoms with Crippen LogP contribution in [0, 0.1) is 6.92 Å². The van der Waals surface area contributed by atoms with Gasteiger partial charge in [-0.05, 0) is 38.3 Å². The number of anilines is 1. The Morgan fingerprint density at radius 3 is 3.11 bits per heavy atom. The molecule has 0 radical (unpaired) electrons. The number of piperazine rings is 1. The average Bonchev–Trinajstić information content (AvgIpc) is 2.74. The highest BCUT2D eigenvalue weighted by Crippen LogP contribution is 2.34. The summed E-state index contributed by atoms with van der Waals surface area (Å²) in [5, 5.41) is 3.51. The number of nitrogens with one attached hydrogen (secondary N) is 1. The van der Waals surface area contributed by atoms with Gasteiger partial charge >= 0.3 is 0 Å². The lowest BCUT2D eigenvalue weighted by atomic mass is 10.1. The molecule has 19 heavy (non-hydrogen) atoms. The molecule has 1 fully saturated rings. The first kappa shape index (κ1) is 12.9. The molecule has 0 spiro atoms. The predicted octanol–water partition coefficient (Wildman–Crippen LogP) is 1.65. The third-order valence-electron chi connectivity index (χ3n) is 4.20. The van der Waals surface area contributed by atoms with Crippen LogP contribution in [0.1, 0.15) is 30.7 Å². The van der Waals surface area contributed by atoms with E-state index in [2.05, 4.69) is 30.1 Å². The molecule has 0 unspecified atom stereocenters. The second-order valence-electron chi connectivity index (χ2n) is 5.64. The van der Waals surface area contributed by atoms with Gasteiger partial charge in [-0.25, -0.2) is 4.98 Å². The van der Waals surface area contributed by atoms with Gasteiger partial charge in [0.1, 0.15) is 5.82 Å². The van der Waals surface area contributed by atoms with Crippen molar-refractivity contribution in [2.45, 2.75) is 45.9 Å². The fraction of sp³-hybridized carbons (Fsp3) is 0.667. The quantitative estimate of drug-likeness (QED) is 0.898. The fourth-order valence-corrected chi connectivity index (χ4v) is 3.24. The first-order valence-corrected chi connectivity index (χ1v) is 7.27. The molecule has 0 amide bonds. The maximum absolute atomic E-state index is 5.53. The molecule has 0 aliphatic carbocycles. The van der Waals surface area contributed by atoms with E-state index in [1.165, 1.54) is 16.9 Å². The molecular weight excluding hydrogens is 238 g/mol. The van der Waals surface area contributed by atoms with E-state index < -0.39 is 0 Å². The lowest BCUT2D eigenvalue weighted by molar-refractivity contribution is 0.131. The Bertz CT molecular complexity index is 475. The van der Waals surface area contributed by atoms with Gasteiger partial charge in [0.15, 0.2) is 0 Å². The number of rotatable bonds is 3. The van der Waals surface area contributed by atoms with E-state index in [9.17, 15) is 0 Å². The molecule has 1 aromatic heterocycles. The van der Waals surface area contributed by atoms with Crippen LogP contribution in [0.5, 0.6) is 0 Å². The van der Waals surface area contributed by atoms with Crippen molar-refractivity contribution >= 4 is 5.82 Å². The van der Waals surface area contributed by atoms with E-state index in [4.69, 9.17) is 9.72 Å². The molecule has 0 saturated carbocycles. The molecule has 2 atom stereocenters. The maximum Gasteiger partial charge on any atom is 0.132 e. The summed E-state index contributed by atoms with van der Waals surface area (Å²) in [4.78, 5) is 7.40. The van der Waals surface area contributed by atoms with Crippen molar-refractivity contribution in [1.82, 2.24) is 10.3 Å². The second kappa shape index (κ2) is 5.10. The molecule has 1 aromatic rings. The van der Waals surface area contributed by atoms with Crippen LogP contribution >= 0.6 is 0 Å². The number of ether oxygens (including phenoxy) is 1. The van der Waals surface area contributed by atoms with Crippen molar-refractivity contribution in [1.29, 1.82) is 0 Å². The maximum atomic E-state index is 5.53. The summed E-state index contributed by atoms with van der Waals surface area (Å²) >= 11 is 0. The van der Waals surface area contributed by atoms with E-state index >= 15 is 0 Å². The van der Waals surface area contributed by atoms with Crippen molar-refractivity contribution in [3.63, 3.8) is 0 Å². The average molecular weight is 261 g/mol. The highest BCUT2D eigenvalue weighted by molar-refractivity contribution is 5.57. The monoisotopic (exact) mass is 261 g/mol. The summed E-state index contributed by atoms with van der Waals surface area (Å²) in [6.07, 6.45) is 1.12. The predicted molar refractivity (Wildman–Crippen MR) is 76.6 cm³/mol. The molecule has 0 bridgehead atoms. The Morgan fingerprint density at radius 2 is 2.32 bits per heavy atom. The van der Waals surface area contributed by atoms with E-state index in [0.717, 1.165) is 31.8 Å². The lowest BCUT2D eigenvalue weighted by Crippen LogP contribution is -2.55. The molecule has 4 heteroatoms. The summed E-state index contributed by atoms with van der Waals surface area (Å²) in [7, 11) is 0. The van der Waals surface area contributed by atoms with E-state index in [1.54, 1.807) is 0 Å². The summed E-state index contributed by atoms with van der Waals surface area (Å²) < 4.78 is 5.53. The fourth-order valence-electron chi connectivity index (χ4n) is 3.24. The van der Waals surface area contributed by atoms with Gasteiger partial charge in [0.25, 0.3) is 0 Å². The van der Waals surface area contributed by atoms with E-state index in [0.29, 0.717) is 18.7 Å². The SMILES string of the molecule is CCOCc1nc2c(cc1C)C[C@@H]1CNC[C@@H](C)N21. The third-order valence-corrected chi connectivity index (χ3v) is 4.20. The van der Waals surface area contributed by atoms with Gasteiger partial charge in [-0.1, -0.05) is 6.07 Å². The summed E-state index contributed by atoms with van der Waals surface area (Å²) in [6, 6.07) is 3.41. The minimum absolute atomic E-state index is 0.523. The molecule has 3 heterocycles. The molecule has 1 N–H and O–H groups in total. The largest absolute Gasteiger partial charge is 0.375 e. The zero-order valence-corrected chi connectivity index (χ0v) is 12.1. The second-order valence-corrected chi connectivity index (χ2v) is 5.64. The van der Waals surface area contributed by atoms with Crippen LogP contribution in [0.3, 0.4) is 0 Å². The highest BCUT2D eigenvalue weighted by atomic mass is 16.5. The first-order chi connectivity index (χ1) is 9.20. The van der Waals surface area contributed by atoms with Gasteiger partial charge < -0.3 is 15.0 Å². The van der Waals surface area contributed by atoms with Gasteiger partial charge in [0.2, 0.25) is 0 Å². The van der Waals surface area contributed by atoms with Gasteiger partial charge in [0, 0.05) is 31.8 Å². The lowest BCUT2D eigenvalue weighted by Gasteiger charge is -2.37. The van der Waals surface area contributed by atoms with Crippen molar-refractivity contribution in [3.8, 4) is 0 Å². The highest BCUT2D eigenvalue weighted by Gasteiger charge is 2.36. The van der Waals surface area contributed by atoms with Gasteiger partial charge in [-0.15, -0.1) is 0 Å². The third kappa shape index (κ3) is 2.23. The Labute approximate surface area is 115 Å². The molecule has 2 aliphatic rings. The molecule has 4 nitrogen and oxygen atoms in total. The van der Waals surface area contributed by atoms with Gasteiger partial charge in [-0.3, -0.25) is 0 Å². The molecule has 1 saturated heterocycles. The Morgan fingerprint density at radius 1 is 1.47 bits per heavy atom. The number of hydrogen-bond acceptors (Lipinski definition) is 4. The van der Waals surface area contributed by atoms with E-state index in [-0.39, 0.29) is 0 Å². The van der Waals surface area contributed by atoms with Crippen molar-refractivity contribution in [2.75, 3.05) is 24.6 Å². The van der Waals surface area contributed by atoms with Crippen molar-refractivity contribution in [3.05, 3.63) is 22.9 Å². The number of aryl methyl sites for hydroxylation is 1. The Hall–Kier alpha value is -1.13. The van der Waals surface area contributed by atoms with Crippen molar-refractivity contribution < 1.29 is 4.74 Å². The molecular formula is C15H23N3O. The number of aromatic nitrogens is 1. The van der Waals surface area contributed by atoms with Crippen LogP contribution in [-0.4, -0.2) is 36.8 Å². The Balaban J connectivity index is 1.93. The van der Waals surface area contributed by atoms with E-state index in [1.807, 2.05) is 6.92 Å².